The molecule has 0 fully saturated rings. The van der Waals surface area contributed by atoms with E-state index in [-0.39, 0.29) is 5.78 Å². The number of aromatic nitrogens is 1. The molecule has 2 nitrogen and oxygen atoms in total. The van der Waals surface area contributed by atoms with Crippen LogP contribution in [0.1, 0.15) is 22.3 Å². The minimum absolute atomic E-state index is 0.268. The number of carbonyl (C=O) groups is 1. The topological polar surface area (TPSA) is 22.0 Å². The summed E-state index contributed by atoms with van der Waals surface area (Å²) in [7, 11) is 0. The van der Waals surface area contributed by atoms with Crippen molar-refractivity contribution in [3.05, 3.63) is 59.7 Å². The molecule has 0 amide bonds. The number of ketones is 1. The Hall–Kier alpha value is -2.35. The third-order valence-electron chi connectivity index (χ3n) is 4.07. The van der Waals surface area contributed by atoms with Gasteiger partial charge in [-0.3, -0.25) is 4.79 Å². The molecular formula is C18H15NO. The fourth-order valence-corrected chi connectivity index (χ4v) is 3.20. The second-order valence-corrected chi connectivity index (χ2v) is 5.47. The highest BCUT2D eigenvalue weighted by molar-refractivity contribution is 6.09. The van der Waals surface area contributed by atoms with Crippen LogP contribution in [-0.4, -0.2) is 10.4 Å². The molecule has 0 radical (unpaired) electrons. The smallest absolute Gasteiger partial charge is 0.166 e. The van der Waals surface area contributed by atoms with Crippen LogP contribution in [0.5, 0.6) is 0 Å². The van der Waals surface area contributed by atoms with Gasteiger partial charge in [0.05, 0.1) is 5.52 Å². The van der Waals surface area contributed by atoms with E-state index in [2.05, 4.69) is 47.9 Å². The first-order valence-corrected chi connectivity index (χ1v) is 6.96. The van der Waals surface area contributed by atoms with E-state index in [1.165, 1.54) is 16.6 Å². The fourth-order valence-electron chi connectivity index (χ4n) is 3.20. The van der Waals surface area contributed by atoms with Crippen molar-refractivity contribution in [1.29, 1.82) is 0 Å². The third kappa shape index (κ3) is 1.54. The molecule has 0 spiro atoms. The lowest BCUT2D eigenvalue weighted by atomic mass is 10.00. The molecule has 0 N–H and O–H groups in total. The van der Waals surface area contributed by atoms with Gasteiger partial charge in [-0.15, -0.1) is 0 Å². The van der Waals surface area contributed by atoms with Gasteiger partial charge in [-0.2, -0.15) is 0 Å². The van der Waals surface area contributed by atoms with Crippen LogP contribution in [-0.2, 0) is 6.54 Å². The maximum absolute atomic E-state index is 12.2. The maximum Gasteiger partial charge on any atom is 0.166 e. The van der Waals surface area contributed by atoms with Gasteiger partial charge in [-0.25, -0.2) is 0 Å². The molecule has 2 heterocycles. The standard InChI is InChI=1S/C18H15NO/c1-12-9-14-11-16(13-5-3-2-4-6-13)19-8-7-17(20)15(10-12)18(14)19/h2-6,9-11H,7-8H2,1H3. The molecule has 0 unspecified atom stereocenters. The van der Waals surface area contributed by atoms with Crippen LogP contribution < -0.4 is 0 Å². The molecule has 0 saturated carbocycles. The van der Waals surface area contributed by atoms with E-state index in [4.69, 9.17) is 0 Å². The molecule has 3 aromatic rings. The summed E-state index contributed by atoms with van der Waals surface area (Å²) >= 11 is 0. The van der Waals surface area contributed by atoms with Gasteiger partial charge < -0.3 is 4.57 Å². The number of carbonyl (C=O) groups excluding carboxylic acids is 1. The highest BCUT2D eigenvalue weighted by Gasteiger charge is 2.22. The van der Waals surface area contributed by atoms with Gasteiger partial charge in [-0.1, -0.05) is 30.3 Å². The molecule has 2 aromatic carbocycles. The molecule has 2 heteroatoms. The summed E-state index contributed by atoms with van der Waals surface area (Å²) < 4.78 is 2.29. The molecule has 20 heavy (non-hydrogen) atoms. The Labute approximate surface area is 117 Å². The molecule has 0 saturated heterocycles. The molecule has 1 aliphatic heterocycles. The van der Waals surface area contributed by atoms with Crippen molar-refractivity contribution in [3.63, 3.8) is 0 Å². The number of nitrogens with zero attached hydrogens (tertiary/aromatic N) is 1. The second kappa shape index (κ2) is 4.07. The Bertz CT molecular complexity index is 827. The number of hydrogen-bond donors (Lipinski definition) is 0. The fraction of sp³-hybridized carbons (Fsp3) is 0.167. The zero-order valence-electron chi connectivity index (χ0n) is 11.4. The monoisotopic (exact) mass is 261 g/mol. The summed E-state index contributed by atoms with van der Waals surface area (Å²) in [5.41, 5.74) is 5.56. The minimum atomic E-state index is 0.268. The highest BCUT2D eigenvalue weighted by atomic mass is 16.1. The highest BCUT2D eigenvalue weighted by Crippen LogP contribution is 2.34. The number of aryl methyl sites for hydroxylation is 2. The lowest BCUT2D eigenvalue weighted by Crippen LogP contribution is -2.15. The molecule has 4 rings (SSSR count). The predicted molar refractivity (Wildman–Crippen MR) is 81.1 cm³/mol. The average Bonchev–Trinajstić information content (AvgIpc) is 2.83. The minimum Gasteiger partial charge on any atom is -0.339 e. The number of hydrogen-bond acceptors (Lipinski definition) is 1. The SMILES string of the molecule is Cc1cc2c3c(c1)cc(-c1ccccc1)n3CCC2=O. The van der Waals surface area contributed by atoms with E-state index >= 15 is 0 Å². The van der Waals surface area contributed by atoms with Gasteiger partial charge in [0.1, 0.15) is 0 Å². The molecular weight excluding hydrogens is 246 g/mol. The lowest BCUT2D eigenvalue weighted by Gasteiger charge is -2.17. The van der Waals surface area contributed by atoms with Gasteiger partial charge >= 0.3 is 0 Å². The van der Waals surface area contributed by atoms with Crippen LogP contribution in [0, 0.1) is 6.92 Å². The van der Waals surface area contributed by atoms with Crippen molar-refractivity contribution < 1.29 is 4.79 Å². The zero-order valence-corrected chi connectivity index (χ0v) is 11.4. The molecule has 98 valence electrons. The molecule has 0 atom stereocenters. The first-order chi connectivity index (χ1) is 9.74. The number of Topliss-reactive ketones (excluding diaryl/α,β-unsaturated/α-hetero) is 1. The first-order valence-electron chi connectivity index (χ1n) is 6.96. The van der Waals surface area contributed by atoms with E-state index in [0.717, 1.165) is 23.2 Å². The van der Waals surface area contributed by atoms with Gasteiger partial charge in [0.15, 0.2) is 5.78 Å². The Morgan fingerprint density at radius 1 is 1.05 bits per heavy atom. The summed E-state index contributed by atoms with van der Waals surface area (Å²) in [4.78, 5) is 12.2. The predicted octanol–water partition coefficient (Wildman–Crippen LogP) is 4.20. The Morgan fingerprint density at radius 2 is 1.85 bits per heavy atom. The lowest BCUT2D eigenvalue weighted by molar-refractivity contribution is 0.0973. The number of rotatable bonds is 1. The van der Waals surface area contributed by atoms with Crippen LogP contribution in [0.15, 0.2) is 48.5 Å². The van der Waals surface area contributed by atoms with Crippen molar-refractivity contribution in [3.8, 4) is 11.3 Å². The Morgan fingerprint density at radius 3 is 2.65 bits per heavy atom. The van der Waals surface area contributed by atoms with Crippen LogP contribution in [0.25, 0.3) is 22.2 Å². The average molecular weight is 261 g/mol. The van der Waals surface area contributed by atoms with Crippen LogP contribution in [0.4, 0.5) is 0 Å². The van der Waals surface area contributed by atoms with Gasteiger partial charge in [0.25, 0.3) is 0 Å². The van der Waals surface area contributed by atoms with E-state index in [0.29, 0.717) is 6.42 Å². The summed E-state index contributed by atoms with van der Waals surface area (Å²) in [6.45, 7) is 2.83. The third-order valence-corrected chi connectivity index (χ3v) is 4.07. The van der Waals surface area contributed by atoms with Crippen molar-refractivity contribution >= 4 is 16.7 Å². The van der Waals surface area contributed by atoms with Crippen molar-refractivity contribution in [1.82, 2.24) is 4.57 Å². The summed E-state index contributed by atoms with van der Waals surface area (Å²) in [6.07, 6.45) is 0.597. The van der Waals surface area contributed by atoms with E-state index in [9.17, 15) is 4.79 Å². The zero-order chi connectivity index (χ0) is 13.7. The first kappa shape index (κ1) is 11.5. The quantitative estimate of drug-likeness (QED) is 0.643. The van der Waals surface area contributed by atoms with Crippen molar-refractivity contribution in [2.75, 3.05) is 0 Å². The summed E-state index contributed by atoms with van der Waals surface area (Å²) in [5, 5.41) is 1.17. The summed E-state index contributed by atoms with van der Waals surface area (Å²) in [5.74, 6) is 0.268. The van der Waals surface area contributed by atoms with Crippen molar-refractivity contribution in [2.45, 2.75) is 19.9 Å². The Kier molecular flexibility index (Phi) is 2.34. The van der Waals surface area contributed by atoms with Crippen molar-refractivity contribution in [2.24, 2.45) is 0 Å². The molecule has 0 bridgehead atoms. The second-order valence-electron chi connectivity index (χ2n) is 5.47. The Balaban J connectivity index is 2.09. The van der Waals surface area contributed by atoms with E-state index in [1.807, 2.05) is 12.1 Å². The van der Waals surface area contributed by atoms with E-state index in [1.54, 1.807) is 0 Å². The van der Waals surface area contributed by atoms with Gasteiger partial charge in [0, 0.05) is 29.6 Å². The summed E-state index contributed by atoms with van der Waals surface area (Å²) in [6, 6.07) is 16.8. The molecule has 1 aliphatic rings. The van der Waals surface area contributed by atoms with Crippen LogP contribution >= 0.6 is 0 Å². The van der Waals surface area contributed by atoms with Gasteiger partial charge in [-0.05, 0) is 36.2 Å². The van der Waals surface area contributed by atoms with E-state index < -0.39 is 0 Å². The van der Waals surface area contributed by atoms with Crippen LogP contribution in [0.3, 0.4) is 0 Å². The maximum atomic E-state index is 12.2. The number of benzene rings is 2. The normalized spacial score (nSPS) is 13.9. The molecule has 1 aromatic heterocycles. The molecule has 0 aliphatic carbocycles. The largest absolute Gasteiger partial charge is 0.339 e. The van der Waals surface area contributed by atoms with Crippen LogP contribution in [0.2, 0.25) is 0 Å². The van der Waals surface area contributed by atoms with Gasteiger partial charge in [0.2, 0.25) is 0 Å².